The van der Waals surface area contributed by atoms with Crippen LogP contribution in [0.2, 0.25) is 0 Å². The van der Waals surface area contributed by atoms with Crippen LogP contribution in [-0.4, -0.2) is 19.7 Å². The van der Waals surface area contributed by atoms with E-state index in [4.69, 9.17) is 4.74 Å². The van der Waals surface area contributed by atoms with Gasteiger partial charge in [0, 0.05) is 0 Å². The van der Waals surface area contributed by atoms with E-state index in [-0.39, 0.29) is 5.97 Å². The molecule has 0 fully saturated rings. The minimum absolute atomic E-state index is 0.292. The zero-order chi connectivity index (χ0) is 11.0. The van der Waals surface area contributed by atoms with Crippen molar-refractivity contribution in [3.8, 4) is 0 Å². The van der Waals surface area contributed by atoms with Crippen molar-refractivity contribution < 1.29 is 14.3 Å². The van der Waals surface area contributed by atoms with Gasteiger partial charge >= 0.3 is 5.97 Å². The summed E-state index contributed by atoms with van der Waals surface area (Å²) in [6, 6.07) is 0. The van der Waals surface area contributed by atoms with Crippen molar-refractivity contribution in [2.45, 2.75) is 33.6 Å². The number of carbonyl (C=O) groups excluding carboxylic acids is 1. The van der Waals surface area contributed by atoms with Crippen molar-refractivity contribution in [2.75, 3.05) is 13.7 Å². The Labute approximate surface area is 86.1 Å². The summed E-state index contributed by atoms with van der Waals surface area (Å²) < 4.78 is 9.74. The van der Waals surface area contributed by atoms with Crippen molar-refractivity contribution in [3.63, 3.8) is 0 Å². The molecular formula is C11H20O3. The molecule has 0 radical (unpaired) electrons. The van der Waals surface area contributed by atoms with Gasteiger partial charge in [0.25, 0.3) is 0 Å². The van der Waals surface area contributed by atoms with Gasteiger partial charge in [-0.25, -0.2) is 4.79 Å². The van der Waals surface area contributed by atoms with Gasteiger partial charge in [0.05, 0.1) is 25.6 Å². The molecule has 0 N–H and O–H groups in total. The molecule has 14 heavy (non-hydrogen) atoms. The molecule has 0 rings (SSSR count). The number of hydrogen-bond donors (Lipinski definition) is 0. The van der Waals surface area contributed by atoms with Gasteiger partial charge in [0.2, 0.25) is 0 Å². The van der Waals surface area contributed by atoms with Crippen LogP contribution in [0.1, 0.15) is 33.6 Å². The largest absolute Gasteiger partial charge is 0.501 e. The standard InChI is InChI=1S/C11H20O3/c1-5-14-8-10(11(12)13-4)7-6-9(2)3/h8-9H,5-7H2,1-4H3. The molecular weight excluding hydrogens is 180 g/mol. The number of esters is 1. The molecule has 0 aromatic rings. The van der Waals surface area contributed by atoms with E-state index in [2.05, 4.69) is 18.6 Å². The summed E-state index contributed by atoms with van der Waals surface area (Å²) in [7, 11) is 1.39. The topological polar surface area (TPSA) is 35.5 Å². The van der Waals surface area contributed by atoms with Gasteiger partial charge in [-0.3, -0.25) is 0 Å². The molecule has 0 amide bonds. The summed E-state index contributed by atoms with van der Waals surface area (Å²) in [5.74, 6) is 0.281. The molecule has 0 spiro atoms. The Hall–Kier alpha value is -0.990. The number of hydrogen-bond acceptors (Lipinski definition) is 3. The van der Waals surface area contributed by atoms with E-state index in [1.54, 1.807) is 0 Å². The Balaban J connectivity index is 4.18. The van der Waals surface area contributed by atoms with Crippen LogP contribution in [0.3, 0.4) is 0 Å². The van der Waals surface area contributed by atoms with Crippen molar-refractivity contribution in [2.24, 2.45) is 5.92 Å². The Morgan fingerprint density at radius 3 is 2.50 bits per heavy atom. The first-order valence-corrected chi connectivity index (χ1v) is 5.00. The van der Waals surface area contributed by atoms with Gasteiger partial charge in [-0.2, -0.15) is 0 Å². The van der Waals surface area contributed by atoms with Gasteiger partial charge in [0.15, 0.2) is 0 Å². The van der Waals surface area contributed by atoms with E-state index in [9.17, 15) is 4.79 Å². The molecule has 0 heterocycles. The zero-order valence-corrected chi connectivity index (χ0v) is 9.50. The summed E-state index contributed by atoms with van der Waals surface area (Å²) in [4.78, 5) is 11.3. The van der Waals surface area contributed by atoms with E-state index in [1.807, 2.05) is 6.92 Å². The average molecular weight is 200 g/mol. The minimum Gasteiger partial charge on any atom is -0.501 e. The number of ether oxygens (including phenoxy) is 2. The predicted molar refractivity (Wildman–Crippen MR) is 55.8 cm³/mol. The van der Waals surface area contributed by atoms with Crippen LogP contribution < -0.4 is 0 Å². The molecule has 0 aromatic carbocycles. The van der Waals surface area contributed by atoms with Crippen molar-refractivity contribution in [3.05, 3.63) is 11.8 Å². The SMILES string of the molecule is CCOC=C(CCC(C)C)C(=O)OC. The Bertz CT molecular complexity index is 195. The summed E-state index contributed by atoms with van der Waals surface area (Å²) in [5.41, 5.74) is 0.614. The lowest BCUT2D eigenvalue weighted by Gasteiger charge is -2.07. The van der Waals surface area contributed by atoms with E-state index < -0.39 is 0 Å². The fourth-order valence-electron chi connectivity index (χ4n) is 0.968. The van der Waals surface area contributed by atoms with Gasteiger partial charge in [0.1, 0.15) is 0 Å². The molecule has 0 atom stereocenters. The van der Waals surface area contributed by atoms with Gasteiger partial charge in [-0.05, 0) is 25.7 Å². The minimum atomic E-state index is -0.292. The summed E-state index contributed by atoms with van der Waals surface area (Å²) in [5, 5.41) is 0. The maximum absolute atomic E-state index is 11.3. The van der Waals surface area contributed by atoms with Crippen LogP contribution >= 0.6 is 0 Å². The number of carbonyl (C=O) groups is 1. The van der Waals surface area contributed by atoms with Crippen LogP contribution in [0.15, 0.2) is 11.8 Å². The molecule has 0 aliphatic heterocycles. The molecule has 0 aliphatic carbocycles. The first-order valence-electron chi connectivity index (χ1n) is 5.00. The molecule has 0 aromatic heterocycles. The van der Waals surface area contributed by atoms with Crippen molar-refractivity contribution >= 4 is 5.97 Å². The van der Waals surface area contributed by atoms with Crippen LogP contribution in [0.4, 0.5) is 0 Å². The third-order valence-electron chi connectivity index (χ3n) is 1.83. The highest BCUT2D eigenvalue weighted by molar-refractivity contribution is 5.87. The normalized spacial score (nSPS) is 11.6. The number of methoxy groups -OCH3 is 1. The maximum Gasteiger partial charge on any atom is 0.336 e. The van der Waals surface area contributed by atoms with Gasteiger partial charge in [-0.15, -0.1) is 0 Å². The molecule has 0 saturated carbocycles. The third kappa shape index (κ3) is 5.62. The van der Waals surface area contributed by atoms with Crippen LogP contribution in [0.25, 0.3) is 0 Å². The van der Waals surface area contributed by atoms with Gasteiger partial charge < -0.3 is 9.47 Å². The molecule has 3 nitrogen and oxygen atoms in total. The first kappa shape index (κ1) is 13.0. The fourth-order valence-corrected chi connectivity index (χ4v) is 0.968. The second-order valence-corrected chi connectivity index (χ2v) is 3.52. The smallest absolute Gasteiger partial charge is 0.336 e. The maximum atomic E-state index is 11.3. The highest BCUT2D eigenvalue weighted by Crippen LogP contribution is 2.12. The average Bonchev–Trinajstić information content (AvgIpc) is 2.16. The second kappa shape index (κ2) is 7.42. The molecule has 0 unspecified atom stereocenters. The van der Waals surface area contributed by atoms with E-state index in [0.29, 0.717) is 24.5 Å². The molecule has 0 aliphatic rings. The lowest BCUT2D eigenvalue weighted by molar-refractivity contribution is -0.136. The highest BCUT2D eigenvalue weighted by Gasteiger charge is 2.10. The fraction of sp³-hybridized carbons (Fsp3) is 0.727. The van der Waals surface area contributed by atoms with E-state index in [1.165, 1.54) is 13.4 Å². The molecule has 82 valence electrons. The lowest BCUT2D eigenvalue weighted by Crippen LogP contribution is -2.06. The molecule has 3 heteroatoms. The van der Waals surface area contributed by atoms with E-state index >= 15 is 0 Å². The lowest BCUT2D eigenvalue weighted by atomic mass is 10.0. The summed E-state index contributed by atoms with van der Waals surface area (Å²) in [6.07, 6.45) is 3.19. The zero-order valence-electron chi connectivity index (χ0n) is 9.50. The Morgan fingerprint density at radius 2 is 2.07 bits per heavy atom. The molecule has 0 bridgehead atoms. The van der Waals surface area contributed by atoms with Crippen molar-refractivity contribution in [1.82, 2.24) is 0 Å². The first-order chi connectivity index (χ1) is 6.61. The predicted octanol–water partition coefficient (Wildman–Crippen LogP) is 2.52. The van der Waals surface area contributed by atoms with Crippen molar-refractivity contribution in [1.29, 1.82) is 0 Å². The van der Waals surface area contributed by atoms with Crippen LogP contribution in [0.5, 0.6) is 0 Å². The Kier molecular flexibility index (Phi) is 6.89. The number of rotatable bonds is 6. The van der Waals surface area contributed by atoms with Crippen LogP contribution in [0, 0.1) is 5.92 Å². The summed E-state index contributed by atoms with van der Waals surface area (Å²) >= 11 is 0. The van der Waals surface area contributed by atoms with E-state index in [0.717, 1.165) is 6.42 Å². The summed E-state index contributed by atoms with van der Waals surface area (Å²) in [6.45, 7) is 6.70. The van der Waals surface area contributed by atoms with Crippen LogP contribution in [-0.2, 0) is 14.3 Å². The second-order valence-electron chi connectivity index (χ2n) is 3.52. The quantitative estimate of drug-likeness (QED) is 0.375. The highest BCUT2D eigenvalue weighted by atomic mass is 16.5. The molecule has 0 saturated heterocycles. The van der Waals surface area contributed by atoms with Gasteiger partial charge in [-0.1, -0.05) is 13.8 Å². The Morgan fingerprint density at radius 1 is 1.43 bits per heavy atom. The monoisotopic (exact) mass is 200 g/mol. The third-order valence-corrected chi connectivity index (χ3v) is 1.83.